The van der Waals surface area contributed by atoms with Gasteiger partial charge in [-0.25, -0.2) is 0 Å². The summed E-state index contributed by atoms with van der Waals surface area (Å²) >= 11 is 0. The van der Waals surface area contributed by atoms with Crippen molar-refractivity contribution >= 4 is 5.91 Å². The second kappa shape index (κ2) is 5.64. The molecule has 2 saturated heterocycles. The zero-order valence-electron chi connectivity index (χ0n) is 10.1. The molecule has 2 aliphatic heterocycles. The molecular formula is C12H22N2O2. The second-order valence-corrected chi connectivity index (χ2v) is 4.79. The van der Waals surface area contributed by atoms with Crippen LogP contribution in [0.2, 0.25) is 0 Å². The zero-order chi connectivity index (χ0) is 11.4. The molecule has 0 aromatic carbocycles. The highest BCUT2D eigenvalue weighted by atomic mass is 16.5. The van der Waals surface area contributed by atoms with Gasteiger partial charge in [0.1, 0.15) is 0 Å². The van der Waals surface area contributed by atoms with E-state index >= 15 is 0 Å². The van der Waals surface area contributed by atoms with Gasteiger partial charge in [0.2, 0.25) is 5.91 Å². The fraction of sp³-hybridized carbons (Fsp3) is 0.917. The van der Waals surface area contributed by atoms with Crippen molar-refractivity contribution < 1.29 is 9.53 Å². The average molecular weight is 226 g/mol. The first kappa shape index (κ1) is 11.9. The molecule has 0 aliphatic carbocycles. The Kier molecular flexibility index (Phi) is 4.18. The third-order valence-electron chi connectivity index (χ3n) is 3.56. The monoisotopic (exact) mass is 226 g/mol. The molecule has 0 saturated carbocycles. The number of likely N-dealkylation sites (tertiary alicyclic amines) is 1. The van der Waals surface area contributed by atoms with E-state index in [0.717, 1.165) is 52.2 Å². The van der Waals surface area contributed by atoms with E-state index in [1.807, 2.05) is 11.8 Å². The number of rotatable bonds is 4. The zero-order valence-corrected chi connectivity index (χ0v) is 10.1. The van der Waals surface area contributed by atoms with Crippen LogP contribution in [0, 0.1) is 11.8 Å². The molecule has 92 valence electrons. The molecule has 2 fully saturated rings. The van der Waals surface area contributed by atoms with Gasteiger partial charge in [-0.15, -0.1) is 0 Å². The van der Waals surface area contributed by atoms with Crippen molar-refractivity contribution in [2.24, 2.45) is 11.8 Å². The highest BCUT2D eigenvalue weighted by Gasteiger charge is 2.32. The summed E-state index contributed by atoms with van der Waals surface area (Å²) in [6, 6.07) is 0. The lowest BCUT2D eigenvalue weighted by Crippen LogP contribution is -2.35. The molecule has 4 nitrogen and oxygen atoms in total. The molecule has 4 heteroatoms. The van der Waals surface area contributed by atoms with E-state index in [1.165, 1.54) is 0 Å². The summed E-state index contributed by atoms with van der Waals surface area (Å²) in [6.45, 7) is 7.28. The van der Waals surface area contributed by atoms with Crippen LogP contribution in [-0.4, -0.2) is 50.2 Å². The number of hydrogen-bond donors (Lipinski definition) is 1. The van der Waals surface area contributed by atoms with Crippen LogP contribution in [-0.2, 0) is 9.53 Å². The lowest BCUT2D eigenvalue weighted by molar-refractivity contribution is -0.134. The molecule has 2 atom stereocenters. The average Bonchev–Trinajstić information content (AvgIpc) is 2.96. The Balaban J connectivity index is 1.76. The molecule has 0 bridgehead atoms. The molecule has 1 N–H and O–H groups in total. The lowest BCUT2D eigenvalue weighted by Gasteiger charge is -2.20. The molecule has 0 unspecified atom stereocenters. The third kappa shape index (κ3) is 2.74. The van der Waals surface area contributed by atoms with Gasteiger partial charge >= 0.3 is 0 Å². The highest BCUT2D eigenvalue weighted by molar-refractivity contribution is 5.79. The minimum absolute atomic E-state index is 0.228. The number of ether oxygens (including phenoxy) is 1. The molecule has 0 aromatic heterocycles. The van der Waals surface area contributed by atoms with Gasteiger partial charge < -0.3 is 15.0 Å². The van der Waals surface area contributed by atoms with Gasteiger partial charge in [0.05, 0.1) is 12.5 Å². The van der Waals surface area contributed by atoms with Crippen LogP contribution in [0.15, 0.2) is 0 Å². The van der Waals surface area contributed by atoms with Gasteiger partial charge in [0.25, 0.3) is 0 Å². The van der Waals surface area contributed by atoms with Crippen LogP contribution < -0.4 is 5.32 Å². The molecule has 0 aromatic rings. The Morgan fingerprint density at radius 3 is 3.06 bits per heavy atom. The maximum atomic E-state index is 12.1. The van der Waals surface area contributed by atoms with Crippen LogP contribution in [0.3, 0.4) is 0 Å². The smallest absolute Gasteiger partial charge is 0.227 e. The Morgan fingerprint density at radius 1 is 1.50 bits per heavy atom. The fourth-order valence-corrected chi connectivity index (χ4v) is 2.58. The molecule has 0 spiro atoms. The minimum atomic E-state index is 0.228. The predicted octanol–water partition coefficient (Wildman–Crippen LogP) is 0.481. The largest absolute Gasteiger partial charge is 0.381 e. The minimum Gasteiger partial charge on any atom is -0.381 e. The Bertz CT molecular complexity index is 239. The van der Waals surface area contributed by atoms with E-state index < -0.39 is 0 Å². The van der Waals surface area contributed by atoms with Crippen LogP contribution in [0.1, 0.15) is 19.8 Å². The summed E-state index contributed by atoms with van der Waals surface area (Å²) in [5, 5.41) is 3.25. The number of carbonyl (C=O) groups excluding carboxylic acids is 1. The molecular weight excluding hydrogens is 204 g/mol. The first-order valence-electron chi connectivity index (χ1n) is 6.38. The van der Waals surface area contributed by atoms with Gasteiger partial charge in [0.15, 0.2) is 0 Å². The van der Waals surface area contributed by atoms with E-state index in [2.05, 4.69) is 5.32 Å². The summed E-state index contributed by atoms with van der Waals surface area (Å²) in [7, 11) is 0. The standard InChI is InChI=1S/C12H22N2O2/c1-2-16-9-10-4-6-14(8-10)12(15)11-3-5-13-7-11/h10-11,13H,2-9H2,1H3/t10-,11-/m0/s1. The van der Waals surface area contributed by atoms with Crippen molar-refractivity contribution in [3.63, 3.8) is 0 Å². The molecule has 2 aliphatic rings. The maximum Gasteiger partial charge on any atom is 0.227 e. The summed E-state index contributed by atoms with van der Waals surface area (Å²) in [5.74, 6) is 1.13. The van der Waals surface area contributed by atoms with Crippen LogP contribution in [0.25, 0.3) is 0 Å². The molecule has 2 heterocycles. The van der Waals surface area contributed by atoms with Crippen molar-refractivity contribution in [1.29, 1.82) is 0 Å². The molecule has 1 amide bonds. The lowest BCUT2D eigenvalue weighted by atomic mass is 10.1. The first-order chi connectivity index (χ1) is 7.81. The van der Waals surface area contributed by atoms with Crippen molar-refractivity contribution in [1.82, 2.24) is 10.2 Å². The molecule has 0 radical (unpaired) electrons. The number of carbonyl (C=O) groups is 1. The van der Waals surface area contributed by atoms with Gasteiger partial charge in [-0.3, -0.25) is 4.79 Å². The van der Waals surface area contributed by atoms with E-state index in [-0.39, 0.29) is 5.92 Å². The first-order valence-corrected chi connectivity index (χ1v) is 6.38. The highest BCUT2D eigenvalue weighted by Crippen LogP contribution is 2.20. The summed E-state index contributed by atoms with van der Waals surface area (Å²) < 4.78 is 5.42. The summed E-state index contributed by atoms with van der Waals surface area (Å²) in [6.07, 6.45) is 2.11. The fourth-order valence-electron chi connectivity index (χ4n) is 2.58. The number of amides is 1. The number of nitrogens with one attached hydrogen (secondary N) is 1. The van der Waals surface area contributed by atoms with Crippen molar-refractivity contribution in [2.75, 3.05) is 39.4 Å². The van der Waals surface area contributed by atoms with Gasteiger partial charge in [-0.05, 0) is 26.3 Å². The Labute approximate surface area is 97.3 Å². The summed E-state index contributed by atoms with van der Waals surface area (Å²) in [4.78, 5) is 14.1. The normalized spacial score (nSPS) is 29.9. The van der Waals surface area contributed by atoms with Crippen LogP contribution in [0.5, 0.6) is 0 Å². The van der Waals surface area contributed by atoms with E-state index in [1.54, 1.807) is 0 Å². The summed E-state index contributed by atoms with van der Waals surface area (Å²) in [5.41, 5.74) is 0. The van der Waals surface area contributed by atoms with Crippen LogP contribution >= 0.6 is 0 Å². The van der Waals surface area contributed by atoms with E-state index in [0.29, 0.717) is 11.8 Å². The SMILES string of the molecule is CCOC[C@H]1CCN(C(=O)[C@H]2CCNC2)C1. The van der Waals surface area contributed by atoms with Crippen molar-refractivity contribution in [2.45, 2.75) is 19.8 Å². The molecule has 16 heavy (non-hydrogen) atoms. The van der Waals surface area contributed by atoms with E-state index in [4.69, 9.17) is 4.74 Å². The van der Waals surface area contributed by atoms with E-state index in [9.17, 15) is 4.79 Å². The van der Waals surface area contributed by atoms with Gasteiger partial charge in [0, 0.05) is 32.2 Å². The predicted molar refractivity (Wildman–Crippen MR) is 62.2 cm³/mol. The quantitative estimate of drug-likeness (QED) is 0.758. The number of nitrogens with zero attached hydrogens (tertiary/aromatic N) is 1. The Morgan fingerprint density at radius 2 is 2.38 bits per heavy atom. The van der Waals surface area contributed by atoms with Gasteiger partial charge in [-0.2, -0.15) is 0 Å². The van der Waals surface area contributed by atoms with Crippen LogP contribution in [0.4, 0.5) is 0 Å². The Hall–Kier alpha value is -0.610. The van der Waals surface area contributed by atoms with Gasteiger partial charge in [-0.1, -0.05) is 0 Å². The van der Waals surface area contributed by atoms with Crippen molar-refractivity contribution in [3.05, 3.63) is 0 Å². The number of hydrogen-bond acceptors (Lipinski definition) is 3. The second-order valence-electron chi connectivity index (χ2n) is 4.79. The third-order valence-corrected chi connectivity index (χ3v) is 3.56. The maximum absolute atomic E-state index is 12.1. The topological polar surface area (TPSA) is 41.6 Å². The van der Waals surface area contributed by atoms with Crippen molar-refractivity contribution in [3.8, 4) is 0 Å². The molecule has 2 rings (SSSR count).